The maximum absolute atomic E-state index is 8.83. The molecule has 1 aromatic rings. The van der Waals surface area contributed by atoms with Crippen molar-refractivity contribution in [2.75, 3.05) is 5.75 Å². The van der Waals surface area contributed by atoms with E-state index in [0.717, 1.165) is 10.5 Å². The van der Waals surface area contributed by atoms with Gasteiger partial charge in [0.05, 0.1) is 6.61 Å². The molecule has 0 radical (unpaired) electrons. The molecule has 0 bridgehead atoms. The molecule has 1 N–H and O–H groups in total. The van der Waals surface area contributed by atoms with Gasteiger partial charge in [-0.05, 0) is 17.7 Å². The summed E-state index contributed by atoms with van der Waals surface area (Å²) in [4.78, 5) is 1.11. The van der Waals surface area contributed by atoms with Crippen molar-refractivity contribution in [3.05, 3.63) is 40.4 Å². The first-order valence-corrected chi connectivity index (χ1v) is 5.83. The number of aliphatic hydroxyl groups is 1. The van der Waals surface area contributed by atoms with Crippen LogP contribution in [0, 0.1) is 0 Å². The van der Waals surface area contributed by atoms with Gasteiger partial charge in [0.1, 0.15) is 0 Å². The molecular formula is C10H10Cl2OS. The molecular weight excluding hydrogens is 239 g/mol. The van der Waals surface area contributed by atoms with Gasteiger partial charge in [0, 0.05) is 21.2 Å². The van der Waals surface area contributed by atoms with E-state index in [1.807, 2.05) is 24.3 Å². The standard InChI is InChI=1S/C10H10Cl2OS/c11-5-9(12)7-14-10-3-1-8(6-13)2-4-10/h1-5,13H,6-7H2/b9-5-. The fourth-order valence-electron chi connectivity index (χ4n) is 0.875. The Balaban J connectivity index is 2.52. The maximum atomic E-state index is 8.83. The second-order valence-electron chi connectivity index (χ2n) is 2.65. The van der Waals surface area contributed by atoms with Crippen molar-refractivity contribution in [3.8, 4) is 0 Å². The third-order valence-corrected chi connectivity index (χ3v) is 3.44. The van der Waals surface area contributed by atoms with E-state index in [1.165, 1.54) is 5.54 Å². The maximum Gasteiger partial charge on any atom is 0.0681 e. The second kappa shape index (κ2) is 6.36. The summed E-state index contributed by atoms with van der Waals surface area (Å²) in [6.45, 7) is 0.0767. The molecule has 0 spiro atoms. The fourth-order valence-corrected chi connectivity index (χ4v) is 1.92. The van der Waals surface area contributed by atoms with Crippen LogP contribution in [0.15, 0.2) is 39.7 Å². The lowest BCUT2D eigenvalue weighted by Gasteiger charge is -2.01. The third kappa shape index (κ3) is 3.93. The highest BCUT2D eigenvalue weighted by Crippen LogP contribution is 2.22. The van der Waals surface area contributed by atoms with Crippen LogP contribution in [-0.4, -0.2) is 10.9 Å². The molecule has 0 unspecified atom stereocenters. The Hall–Kier alpha value is -0.150. The number of halogens is 2. The summed E-state index contributed by atoms with van der Waals surface area (Å²) in [6, 6.07) is 7.69. The van der Waals surface area contributed by atoms with Gasteiger partial charge in [0.15, 0.2) is 0 Å². The molecule has 0 aliphatic heterocycles. The number of rotatable bonds is 4. The first-order valence-electron chi connectivity index (χ1n) is 4.03. The molecule has 0 aliphatic rings. The molecule has 0 aromatic heterocycles. The summed E-state index contributed by atoms with van der Waals surface area (Å²) in [5, 5.41) is 9.46. The van der Waals surface area contributed by atoms with Gasteiger partial charge >= 0.3 is 0 Å². The number of thioether (sulfide) groups is 1. The summed E-state index contributed by atoms with van der Waals surface area (Å²) in [6.07, 6.45) is 0. The number of benzene rings is 1. The molecule has 0 atom stereocenters. The van der Waals surface area contributed by atoms with E-state index < -0.39 is 0 Å². The lowest BCUT2D eigenvalue weighted by molar-refractivity contribution is 0.282. The number of hydrogen-bond acceptors (Lipinski definition) is 2. The van der Waals surface area contributed by atoms with Crippen molar-refractivity contribution in [2.45, 2.75) is 11.5 Å². The van der Waals surface area contributed by atoms with E-state index in [9.17, 15) is 0 Å². The normalized spacial score (nSPS) is 11.8. The molecule has 0 saturated carbocycles. The van der Waals surface area contributed by atoms with Crippen LogP contribution < -0.4 is 0 Å². The molecule has 0 fully saturated rings. The molecule has 4 heteroatoms. The van der Waals surface area contributed by atoms with Crippen LogP contribution in [0.4, 0.5) is 0 Å². The van der Waals surface area contributed by atoms with Crippen molar-refractivity contribution in [2.24, 2.45) is 0 Å². The largest absolute Gasteiger partial charge is 0.392 e. The van der Waals surface area contributed by atoms with Crippen molar-refractivity contribution >= 4 is 35.0 Å². The second-order valence-corrected chi connectivity index (χ2v) is 4.40. The van der Waals surface area contributed by atoms with Crippen molar-refractivity contribution < 1.29 is 5.11 Å². The lowest BCUT2D eigenvalue weighted by atomic mass is 10.2. The van der Waals surface area contributed by atoms with Crippen LogP contribution in [-0.2, 0) is 6.61 Å². The molecule has 0 amide bonds. The molecule has 0 heterocycles. The summed E-state index contributed by atoms with van der Waals surface area (Å²) < 4.78 is 0. The highest BCUT2D eigenvalue weighted by atomic mass is 35.5. The zero-order valence-electron chi connectivity index (χ0n) is 7.41. The Morgan fingerprint density at radius 1 is 1.36 bits per heavy atom. The predicted octanol–water partition coefficient (Wildman–Crippen LogP) is 3.59. The van der Waals surface area contributed by atoms with Crippen molar-refractivity contribution in [3.63, 3.8) is 0 Å². The van der Waals surface area contributed by atoms with E-state index in [1.54, 1.807) is 11.8 Å². The molecule has 76 valence electrons. The minimum atomic E-state index is 0.0767. The van der Waals surface area contributed by atoms with Gasteiger partial charge < -0.3 is 5.11 Å². The average Bonchev–Trinajstić information content (AvgIpc) is 2.26. The lowest BCUT2D eigenvalue weighted by Crippen LogP contribution is -1.82. The third-order valence-electron chi connectivity index (χ3n) is 1.60. The molecule has 0 saturated heterocycles. The van der Waals surface area contributed by atoms with E-state index in [2.05, 4.69) is 0 Å². The first-order chi connectivity index (χ1) is 6.76. The Morgan fingerprint density at radius 3 is 2.50 bits per heavy atom. The zero-order valence-corrected chi connectivity index (χ0v) is 9.74. The van der Waals surface area contributed by atoms with Crippen LogP contribution in [0.1, 0.15) is 5.56 Å². The van der Waals surface area contributed by atoms with E-state index in [4.69, 9.17) is 28.3 Å². The minimum Gasteiger partial charge on any atom is -0.392 e. The predicted molar refractivity (Wildman–Crippen MR) is 62.9 cm³/mol. The average molecular weight is 249 g/mol. The monoisotopic (exact) mass is 248 g/mol. The highest BCUT2D eigenvalue weighted by molar-refractivity contribution is 7.99. The SMILES string of the molecule is OCc1ccc(SC/C(Cl)=C/Cl)cc1. The Kier molecular flexibility index (Phi) is 5.41. The van der Waals surface area contributed by atoms with E-state index in [-0.39, 0.29) is 6.61 Å². The number of hydrogen-bond donors (Lipinski definition) is 1. The molecule has 14 heavy (non-hydrogen) atoms. The van der Waals surface area contributed by atoms with Gasteiger partial charge in [-0.3, -0.25) is 0 Å². The highest BCUT2D eigenvalue weighted by Gasteiger charge is 1.96. The Labute approximate surface area is 97.7 Å². The number of aliphatic hydroxyl groups excluding tert-OH is 1. The van der Waals surface area contributed by atoms with Gasteiger partial charge in [0.25, 0.3) is 0 Å². The van der Waals surface area contributed by atoms with Gasteiger partial charge in [-0.2, -0.15) is 0 Å². The van der Waals surface area contributed by atoms with Crippen LogP contribution in [0.25, 0.3) is 0 Å². The van der Waals surface area contributed by atoms with Gasteiger partial charge in [-0.15, -0.1) is 11.8 Å². The van der Waals surface area contributed by atoms with Crippen LogP contribution in [0.5, 0.6) is 0 Å². The van der Waals surface area contributed by atoms with E-state index >= 15 is 0 Å². The van der Waals surface area contributed by atoms with Gasteiger partial charge in [-0.1, -0.05) is 35.3 Å². The van der Waals surface area contributed by atoms with Crippen molar-refractivity contribution in [1.29, 1.82) is 0 Å². The van der Waals surface area contributed by atoms with Crippen LogP contribution in [0.2, 0.25) is 0 Å². The summed E-state index contributed by atoms with van der Waals surface area (Å²) in [5.74, 6) is 0.670. The minimum absolute atomic E-state index is 0.0767. The summed E-state index contributed by atoms with van der Waals surface area (Å²) >= 11 is 12.8. The smallest absolute Gasteiger partial charge is 0.0681 e. The Bertz CT molecular complexity index is 308. The molecule has 1 nitrogen and oxygen atoms in total. The zero-order chi connectivity index (χ0) is 10.4. The van der Waals surface area contributed by atoms with Gasteiger partial charge in [0.2, 0.25) is 0 Å². The quantitative estimate of drug-likeness (QED) is 0.823. The Morgan fingerprint density at radius 2 is 2.00 bits per heavy atom. The van der Waals surface area contributed by atoms with Crippen LogP contribution >= 0.6 is 35.0 Å². The topological polar surface area (TPSA) is 20.2 Å². The summed E-state index contributed by atoms with van der Waals surface area (Å²) in [5.41, 5.74) is 2.28. The van der Waals surface area contributed by atoms with E-state index in [0.29, 0.717) is 10.8 Å². The molecule has 1 aromatic carbocycles. The fraction of sp³-hybridized carbons (Fsp3) is 0.200. The summed E-state index contributed by atoms with van der Waals surface area (Å²) in [7, 11) is 0. The van der Waals surface area contributed by atoms with Crippen molar-refractivity contribution in [1.82, 2.24) is 0 Å². The van der Waals surface area contributed by atoms with Gasteiger partial charge in [-0.25, -0.2) is 0 Å². The molecule has 1 rings (SSSR count). The molecule has 0 aliphatic carbocycles. The van der Waals surface area contributed by atoms with Crippen LogP contribution in [0.3, 0.4) is 0 Å². The first kappa shape index (κ1) is 11.9.